The van der Waals surface area contributed by atoms with Gasteiger partial charge in [0.15, 0.2) is 0 Å². The Bertz CT molecular complexity index is 1070. The summed E-state index contributed by atoms with van der Waals surface area (Å²) in [6.45, 7) is 26.4. The van der Waals surface area contributed by atoms with E-state index in [0.29, 0.717) is 19.3 Å². The van der Waals surface area contributed by atoms with Crippen molar-refractivity contribution in [2.75, 3.05) is 19.6 Å². The van der Waals surface area contributed by atoms with Crippen LogP contribution < -0.4 is 21.3 Å². The third-order valence-electron chi connectivity index (χ3n) is 7.78. The van der Waals surface area contributed by atoms with E-state index >= 15 is 0 Å². The molecule has 0 bridgehead atoms. The van der Waals surface area contributed by atoms with Gasteiger partial charge in [0.1, 0.15) is 24.2 Å². The largest absolute Gasteiger partial charge is 0.459 e. The van der Waals surface area contributed by atoms with Crippen LogP contribution in [-0.4, -0.2) is 83.8 Å². The quantitative estimate of drug-likeness (QED) is 0.106. The summed E-state index contributed by atoms with van der Waals surface area (Å²) in [5.74, 6) is -2.17. The van der Waals surface area contributed by atoms with Crippen LogP contribution in [0, 0.1) is 11.3 Å². The summed E-state index contributed by atoms with van der Waals surface area (Å²) < 4.78 is 5.17. The van der Waals surface area contributed by atoms with Crippen molar-refractivity contribution in [2.45, 2.75) is 171 Å². The Kier molecular flexibility index (Phi) is 25.7. The van der Waals surface area contributed by atoms with Gasteiger partial charge in [-0.1, -0.05) is 113 Å². The molecule has 4 N–H and O–H groups in total. The molecule has 0 spiro atoms. The van der Waals surface area contributed by atoms with Crippen LogP contribution in [0.5, 0.6) is 0 Å². The summed E-state index contributed by atoms with van der Waals surface area (Å²) in [6.07, 6.45) is 11.9. The van der Waals surface area contributed by atoms with Crippen molar-refractivity contribution < 1.29 is 33.5 Å². The molecule has 3 unspecified atom stereocenters. The molecule has 0 aromatic rings. The van der Waals surface area contributed by atoms with E-state index in [1.54, 1.807) is 41.5 Å². The lowest BCUT2D eigenvalue weighted by molar-refractivity contribution is -0.153. The number of urea groups is 1. The number of nitrogens with one attached hydrogen (secondary N) is 4. The van der Waals surface area contributed by atoms with Crippen LogP contribution in [0.25, 0.3) is 0 Å². The van der Waals surface area contributed by atoms with Crippen LogP contribution in [0.1, 0.15) is 147 Å². The van der Waals surface area contributed by atoms with E-state index in [1.807, 2.05) is 20.8 Å². The minimum atomic E-state index is -1.03. The summed E-state index contributed by atoms with van der Waals surface area (Å²) in [6, 6.07) is -3.63. The van der Waals surface area contributed by atoms with Gasteiger partial charge in [-0.05, 0) is 51.4 Å². The fourth-order valence-electron chi connectivity index (χ4n) is 5.37. The van der Waals surface area contributed by atoms with Crippen molar-refractivity contribution in [2.24, 2.45) is 11.3 Å². The topological polar surface area (TPSA) is 163 Å². The summed E-state index contributed by atoms with van der Waals surface area (Å²) in [7, 11) is 0. The number of amides is 5. The number of hydrogen-bond donors (Lipinski definition) is 4. The molecular formula is C39H73N5O7. The smallest absolute Gasteiger partial charge is 0.325 e. The van der Waals surface area contributed by atoms with Gasteiger partial charge in [0.25, 0.3) is 5.91 Å². The van der Waals surface area contributed by atoms with E-state index < -0.39 is 64.6 Å². The van der Waals surface area contributed by atoms with Crippen LogP contribution in [0.3, 0.4) is 0 Å². The number of esters is 1. The first-order valence-electron chi connectivity index (χ1n) is 19.1. The lowest BCUT2D eigenvalue weighted by atomic mass is 9.85. The number of likely N-dealkylation sites (tertiary alicyclic amines) is 1. The highest BCUT2D eigenvalue weighted by Crippen LogP contribution is 2.26. The first kappa shape index (κ1) is 49.7. The molecule has 12 heteroatoms. The van der Waals surface area contributed by atoms with Crippen molar-refractivity contribution >= 4 is 35.5 Å². The van der Waals surface area contributed by atoms with Gasteiger partial charge < -0.3 is 30.9 Å². The molecule has 3 atom stereocenters. The van der Waals surface area contributed by atoms with Crippen LogP contribution >= 0.6 is 0 Å². The fraction of sp³-hybridized carbons (Fsp3) is 0.795. The van der Waals surface area contributed by atoms with Gasteiger partial charge in [0, 0.05) is 13.1 Å². The maximum Gasteiger partial charge on any atom is 0.325 e. The Balaban J connectivity index is 0. The minimum Gasteiger partial charge on any atom is -0.459 e. The van der Waals surface area contributed by atoms with Gasteiger partial charge in [-0.25, -0.2) is 4.79 Å². The van der Waals surface area contributed by atoms with Crippen molar-refractivity contribution in [3.8, 4) is 0 Å². The summed E-state index contributed by atoms with van der Waals surface area (Å²) in [5, 5.41) is 10.1. The first-order chi connectivity index (χ1) is 23.8. The van der Waals surface area contributed by atoms with Crippen LogP contribution in [0.2, 0.25) is 0 Å². The molecule has 0 aromatic carbocycles. The van der Waals surface area contributed by atoms with E-state index in [-0.39, 0.29) is 26.1 Å². The highest BCUT2D eigenvalue weighted by Gasteiger charge is 2.42. The SMILES string of the molecule is C=CCNC(=O)C(=O)C(CCC)NC(=O)C1CCCN1C(=O)C(NC(=O)NCC(=O)OC(C)(C)C)C(C)(C)C.CC.CC1CCCCC1.CCC. The Morgan fingerprint density at radius 1 is 0.863 bits per heavy atom. The maximum atomic E-state index is 13.6. The third kappa shape index (κ3) is 21.5. The van der Waals surface area contributed by atoms with Gasteiger partial charge in [0.05, 0.1) is 6.04 Å². The molecule has 2 rings (SSSR count). The van der Waals surface area contributed by atoms with E-state index in [1.165, 1.54) is 49.5 Å². The molecule has 0 aromatic heterocycles. The first-order valence-corrected chi connectivity index (χ1v) is 19.1. The summed E-state index contributed by atoms with van der Waals surface area (Å²) in [4.78, 5) is 77.5. The molecule has 1 saturated carbocycles. The Labute approximate surface area is 309 Å². The van der Waals surface area contributed by atoms with Crippen molar-refractivity contribution in [3.63, 3.8) is 0 Å². The Hall–Kier alpha value is -3.44. The molecule has 1 heterocycles. The average molecular weight is 724 g/mol. The molecule has 2 aliphatic rings. The average Bonchev–Trinajstić information content (AvgIpc) is 3.55. The minimum absolute atomic E-state index is 0.120. The normalized spacial score (nSPS) is 16.9. The number of Topliss-reactive ketones (excluding diaryl/α,β-unsaturated/α-hetero) is 1. The zero-order valence-corrected chi connectivity index (χ0v) is 34.1. The van der Waals surface area contributed by atoms with Crippen molar-refractivity contribution in [1.29, 1.82) is 0 Å². The molecule has 1 aliphatic carbocycles. The lowest BCUT2D eigenvalue weighted by Crippen LogP contribution is -2.60. The highest BCUT2D eigenvalue weighted by molar-refractivity contribution is 6.38. The van der Waals surface area contributed by atoms with Gasteiger partial charge in [-0.3, -0.25) is 24.0 Å². The van der Waals surface area contributed by atoms with Crippen LogP contribution in [0.4, 0.5) is 4.79 Å². The summed E-state index contributed by atoms with van der Waals surface area (Å²) in [5.41, 5.74) is -1.44. The number of ketones is 1. The second-order valence-corrected chi connectivity index (χ2v) is 15.1. The number of carbonyl (C=O) groups is 6. The zero-order valence-electron chi connectivity index (χ0n) is 34.1. The number of carbonyl (C=O) groups excluding carboxylic acids is 6. The van der Waals surface area contributed by atoms with Crippen LogP contribution in [-0.2, 0) is 28.7 Å². The Morgan fingerprint density at radius 2 is 1.43 bits per heavy atom. The monoisotopic (exact) mass is 724 g/mol. The molecular weight excluding hydrogens is 650 g/mol. The molecule has 51 heavy (non-hydrogen) atoms. The highest BCUT2D eigenvalue weighted by atomic mass is 16.6. The molecule has 5 amide bonds. The third-order valence-corrected chi connectivity index (χ3v) is 7.78. The van der Waals surface area contributed by atoms with Gasteiger partial charge in [0.2, 0.25) is 17.6 Å². The maximum absolute atomic E-state index is 13.6. The van der Waals surface area contributed by atoms with E-state index in [4.69, 9.17) is 4.74 Å². The predicted molar refractivity (Wildman–Crippen MR) is 205 cm³/mol. The molecule has 0 radical (unpaired) electrons. The van der Waals surface area contributed by atoms with E-state index in [2.05, 4.69) is 48.6 Å². The second kappa shape index (κ2) is 26.4. The molecule has 1 aliphatic heterocycles. The fourth-order valence-corrected chi connectivity index (χ4v) is 5.37. The Morgan fingerprint density at radius 3 is 1.88 bits per heavy atom. The second-order valence-electron chi connectivity index (χ2n) is 15.1. The lowest BCUT2D eigenvalue weighted by Gasteiger charge is -2.35. The molecule has 12 nitrogen and oxygen atoms in total. The standard InChI is InChI=1S/C27H45N5O7.C7H14.C3H8.C2H6/c1-9-12-17(20(34)23(36)28-14-10-2)30-22(35)18-13-11-15-32(18)24(37)21(26(3,4)5)31-25(38)29-16-19(33)39-27(6,7)8;1-7-5-3-2-4-6-7;1-3-2;1-2/h10,17-18,21H,2,9,11-16H2,1,3-8H3,(H,28,36)(H,30,35)(H2,29,31,38);7H,2-6H2,1H3;3H2,1-2H3;1-2H3. The number of rotatable bonds is 12. The molecule has 296 valence electrons. The van der Waals surface area contributed by atoms with Gasteiger partial charge >= 0.3 is 12.0 Å². The predicted octanol–water partition coefficient (Wildman–Crippen LogP) is 6.22. The van der Waals surface area contributed by atoms with E-state index in [9.17, 15) is 28.8 Å². The van der Waals surface area contributed by atoms with Crippen LogP contribution in [0.15, 0.2) is 12.7 Å². The number of ether oxygens (including phenoxy) is 1. The zero-order chi connectivity index (χ0) is 39.8. The van der Waals surface area contributed by atoms with Crippen molar-refractivity contribution in [1.82, 2.24) is 26.2 Å². The summed E-state index contributed by atoms with van der Waals surface area (Å²) >= 11 is 0. The van der Waals surface area contributed by atoms with Gasteiger partial charge in [-0.15, -0.1) is 6.58 Å². The van der Waals surface area contributed by atoms with E-state index in [0.717, 1.165) is 5.92 Å². The molecule has 2 fully saturated rings. The number of nitrogens with zero attached hydrogens (tertiary/aromatic N) is 1. The van der Waals surface area contributed by atoms with Gasteiger partial charge in [-0.2, -0.15) is 0 Å². The number of hydrogen-bond acceptors (Lipinski definition) is 7. The van der Waals surface area contributed by atoms with Crippen molar-refractivity contribution in [3.05, 3.63) is 12.7 Å². The molecule has 1 saturated heterocycles.